The minimum Gasteiger partial charge on any atom is -0.352 e. The standard InChI is InChI=1S/C19H26N6OS/c1-13(2)23-19-20-5-14(6-21-19)7-24-8-15-3-4-17(10-24)25(18(15)26)9-16-11-27-12-22-16/h5-6,11-13,15,17H,3-4,7-10H2,1-2H3,(H,20,21,23)/t15-,17+/m1/s1. The summed E-state index contributed by atoms with van der Waals surface area (Å²) in [5.74, 6) is 1.04. The Bertz CT molecular complexity index is 763. The first-order valence-corrected chi connectivity index (χ1v) is 10.5. The fourth-order valence-electron chi connectivity index (χ4n) is 3.98. The number of carbonyl (C=O) groups is 1. The summed E-state index contributed by atoms with van der Waals surface area (Å²) in [7, 11) is 0. The van der Waals surface area contributed by atoms with E-state index in [1.165, 1.54) is 0 Å². The molecule has 3 saturated heterocycles. The van der Waals surface area contributed by atoms with E-state index < -0.39 is 0 Å². The topological polar surface area (TPSA) is 74.2 Å². The molecule has 0 unspecified atom stereocenters. The lowest BCUT2D eigenvalue weighted by atomic mass is 9.94. The van der Waals surface area contributed by atoms with Crippen molar-refractivity contribution in [3.8, 4) is 0 Å². The van der Waals surface area contributed by atoms with Crippen molar-refractivity contribution in [3.63, 3.8) is 0 Å². The van der Waals surface area contributed by atoms with Crippen molar-refractivity contribution >= 4 is 23.2 Å². The minimum absolute atomic E-state index is 0.0881. The second-order valence-electron chi connectivity index (χ2n) is 7.78. The Morgan fingerprint density at radius 2 is 2.00 bits per heavy atom. The van der Waals surface area contributed by atoms with E-state index in [9.17, 15) is 4.79 Å². The average Bonchev–Trinajstić information content (AvgIpc) is 3.02. The number of rotatable bonds is 6. The van der Waals surface area contributed by atoms with Gasteiger partial charge in [-0.15, -0.1) is 11.3 Å². The Balaban J connectivity index is 1.43. The van der Waals surface area contributed by atoms with Crippen LogP contribution in [0.2, 0.25) is 0 Å². The van der Waals surface area contributed by atoms with Gasteiger partial charge in [0.25, 0.3) is 0 Å². The van der Waals surface area contributed by atoms with Crippen LogP contribution >= 0.6 is 11.3 Å². The number of nitrogens with zero attached hydrogens (tertiary/aromatic N) is 5. The van der Waals surface area contributed by atoms with Crippen LogP contribution in [0.3, 0.4) is 0 Å². The molecule has 144 valence electrons. The summed E-state index contributed by atoms with van der Waals surface area (Å²) in [5.41, 5.74) is 3.91. The van der Waals surface area contributed by atoms with Gasteiger partial charge in [-0.3, -0.25) is 9.69 Å². The number of anilines is 1. The van der Waals surface area contributed by atoms with E-state index in [1.807, 2.05) is 23.3 Å². The van der Waals surface area contributed by atoms with Gasteiger partial charge in [0.15, 0.2) is 0 Å². The lowest BCUT2D eigenvalue weighted by molar-refractivity contribution is -0.140. The number of hydrogen-bond acceptors (Lipinski definition) is 7. The molecule has 0 spiro atoms. The summed E-state index contributed by atoms with van der Waals surface area (Å²) < 4.78 is 0. The lowest BCUT2D eigenvalue weighted by Gasteiger charge is -2.35. The Morgan fingerprint density at radius 3 is 2.70 bits per heavy atom. The zero-order valence-corrected chi connectivity index (χ0v) is 16.7. The van der Waals surface area contributed by atoms with Crippen LogP contribution in [0.15, 0.2) is 23.3 Å². The number of fused-ring (bicyclic) bond motifs is 4. The van der Waals surface area contributed by atoms with Crippen molar-refractivity contribution in [2.75, 3.05) is 18.4 Å². The lowest BCUT2D eigenvalue weighted by Crippen LogP contribution is -2.47. The predicted octanol–water partition coefficient (Wildman–Crippen LogP) is 2.38. The molecule has 0 aromatic carbocycles. The number of piperidine rings is 1. The SMILES string of the molecule is CC(C)Nc1ncc(CN2C[C@H]3CC[C@@H](C2)N(Cc2cscn2)C3=O)cn1. The van der Waals surface area contributed by atoms with Crippen molar-refractivity contribution in [1.82, 2.24) is 24.8 Å². The third-order valence-electron chi connectivity index (χ3n) is 5.21. The molecule has 3 aliphatic rings. The van der Waals surface area contributed by atoms with Crippen LogP contribution in [-0.2, 0) is 17.9 Å². The monoisotopic (exact) mass is 386 g/mol. The Labute approximate surface area is 163 Å². The van der Waals surface area contributed by atoms with Gasteiger partial charge in [0.05, 0.1) is 23.7 Å². The van der Waals surface area contributed by atoms with Gasteiger partial charge in [-0.25, -0.2) is 15.0 Å². The molecule has 0 aliphatic carbocycles. The molecule has 2 aromatic heterocycles. The molecular formula is C19H26N6OS. The van der Waals surface area contributed by atoms with Crippen LogP contribution in [0.1, 0.15) is 37.9 Å². The molecule has 2 aromatic rings. The van der Waals surface area contributed by atoms with Gasteiger partial charge in [0.1, 0.15) is 0 Å². The fourth-order valence-corrected chi connectivity index (χ4v) is 4.53. The fraction of sp³-hybridized carbons (Fsp3) is 0.579. The van der Waals surface area contributed by atoms with Crippen molar-refractivity contribution in [3.05, 3.63) is 34.5 Å². The molecule has 2 bridgehead atoms. The third kappa shape index (κ3) is 4.27. The highest BCUT2D eigenvalue weighted by atomic mass is 32.1. The maximum Gasteiger partial charge on any atom is 0.227 e. The summed E-state index contributed by atoms with van der Waals surface area (Å²) in [4.78, 5) is 30.5. The number of carbonyl (C=O) groups excluding carboxylic acids is 1. The number of amides is 1. The molecule has 8 heteroatoms. The van der Waals surface area contributed by atoms with E-state index in [4.69, 9.17) is 0 Å². The van der Waals surface area contributed by atoms with E-state index in [2.05, 4.69) is 43.9 Å². The van der Waals surface area contributed by atoms with Gasteiger partial charge in [0.2, 0.25) is 11.9 Å². The highest BCUT2D eigenvalue weighted by molar-refractivity contribution is 7.07. The third-order valence-corrected chi connectivity index (χ3v) is 5.85. The smallest absolute Gasteiger partial charge is 0.227 e. The Morgan fingerprint density at radius 1 is 1.19 bits per heavy atom. The van der Waals surface area contributed by atoms with Gasteiger partial charge in [-0.1, -0.05) is 0 Å². The van der Waals surface area contributed by atoms with Crippen molar-refractivity contribution < 1.29 is 4.79 Å². The highest BCUT2D eigenvalue weighted by Crippen LogP contribution is 2.31. The molecule has 7 nitrogen and oxygen atoms in total. The maximum atomic E-state index is 12.9. The first kappa shape index (κ1) is 18.3. The molecule has 0 radical (unpaired) electrons. The second-order valence-corrected chi connectivity index (χ2v) is 8.50. The molecule has 5 heterocycles. The number of aromatic nitrogens is 3. The molecule has 0 saturated carbocycles. The first-order valence-electron chi connectivity index (χ1n) is 9.56. The molecule has 1 N–H and O–H groups in total. The van der Waals surface area contributed by atoms with Gasteiger partial charge in [-0.2, -0.15) is 0 Å². The van der Waals surface area contributed by atoms with Crippen LogP contribution in [0.25, 0.3) is 0 Å². The van der Waals surface area contributed by atoms with Crippen LogP contribution in [0, 0.1) is 5.92 Å². The Kier molecular flexibility index (Phi) is 5.36. The molecule has 3 aliphatic heterocycles. The molecular weight excluding hydrogens is 360 g/mol. The minimum atomic E-state index is 0.0881. The summed E-state index contributed by atoms with van der Waals surface area (Å²) in [6, 6.07) is 0.576. The van der Waals surface area contributed by atoms with E-state index in [0.29, 0.717) is 18.5 Å². The summed E-state index contributed by atoms with van der Waals surface area (Å²) in [6.45, 7) is 7.27. The van der Waals surface area contributed by atoms with Gasteiger partial charge in [0, 0.05) is 55.1 Å². The number of nitrogens with one attached hydrogen (secondary N) is 1. The summed E-state index contributed by atoms with van der Waals surface area (Å²) in [5, 5.41) is 5.25. The summed E-state index contributed by atoms with van der Waals surface area (Å²) in [6.07, 6.45) is 5.84. The number of thiazole rings is 1. The van der Waals surface area contributed by atoms with Crippen LogP contribution < -0.4 is 5.32 Å². The number of hydrogen-bond donors (Lipinski definition) is 1. The van der Waals surface area contributed by atoms with E-state index in [0.717, 1.165) is 43.7 Å². The first-order chi connectivity index (χ1) is 13.1. The van der Waals surface area contributed by atoms with Crippen molar-refractivity contribution in [2.24, 2.45) is 5.92 Å². The maximum absolute atomic E-state index is 12.9. The van der Waals surface area contributed by atoms with Crippen LogP contribution in [0.5, 0.6) is 0 Å². The van der Waals surface area contributed by atoms with Crippen LogP contribution in [-0.4, -0.2) is 55.8 Å². The zero-order chi connectivity index (χ0) is 18.8. The van der Waals surface area contributed by atoms with Crippen LogP contribution in [0.4, 0.5) is 5.95 Å². The molecule has 5 rings (SSSR count). The Hall–Kier alpha value is -2.06. The van der Waals surface area contributed by atoms with Gasteiger partial charge >= 0.3 is 0 Å². The molecule has 2 atom stereocenters. The van der Waals surface area contributed by atoms with Crippen molar-refractivity contribution in [2.45, 2.75) is 51.9 Å². The van der Waals surface area contributed by atoms with Gasteiger partial charge < -0.3 is 10.2 Å². The van der Waals surface area contributed by atoms with E-state index in [-0.39, 0.29) is 17.9 Å². The molecule has 27 heavy (non-hydrogen) atoms. The summed E-state index contributed by atoms with van der Waals surface area (Å²) >= 11 is 1.58. The van der Waals surface area contributed by atoms with Gasteiger partial charge in [-0.05, 0) is 26.7 Å². The van der Waals surface area contributed by atoms with Crippen molar-refractivity contribution in [1.29, 1.82) is 0 Å². The molecule has 3 fully saturated rings. The normalized spacial score (nSPS) is 23.1. The second kappa shape index (κ2) is 7.90. The van der Waals surface area contributed by atoms with E-state index in [1.54, 1.807) is 11.3 Å². The molecule has 1 amide bonds. The quantitative estimate of drug-likeness (QED) is 0.822. The zero-order valence-electron chi connectivity index (χ0n) is 15.8. The average molecular weight is 387 g/mol. The van der Waals surface area contributed by atoms with E-state index >= 15 is 0 Å². The largest absolute Gasteiger partial charge is 0.352 e. The highest BCUT2D eigenvalue weighted by Gasteiger charge is 2.40. The predicted molar refractivity (Wildman–Crippen MR) is 105 cm³/mol.